The van der Waals surface area contributed by atoms with E-state index in [0.29, 0.717) is 28.8 Å². The van der Waals surface area contributed by atoms with Gasteiger partial charge in [-0.05, 0) is 30.9 Å². The molecule has 1 fully saturated rings. The van der Waals surface area contributed by atoms with Gasteiger partial charge in [0, 0.05) is 24.8 Å². The lowest BCUT2D eigenvalue weighted by Gasteiger charge is -2.30. The summed E-state index contributed by atoms with van der Waals surface area (Å²) in [5.74, 6) is 1.95. The van der Waals surface area contributed by atoms with Crippen LogP contribution >= 0.6 is 23.1 Å². The number of piperidine rings is 1. The predicted octanol–water partition coefficient (Wildman–Crippen LogP) is 4.07. The van der Waals surface area contributed by atoms with Crippen LogP contribution in [0.2, 0.25) is 0 Å². The highest BCUT2D eigenvalue weighted by Crippen LogP contribution is 2.35. The van der Waals surface area contributed by atoms with Crippen molar-refractivity contribution >= 4 is 50.2 Å². The van der Waals surface area contributed by atoms with Gasteiger partial charge in [0.1, 0.15) is 16.1 Å². The van der Waals surface area contributed by atoms with Crippen LogP contribution in [-0.2, 0) is 4.79 Å². The largest absolute Gasteiger partial charge is 0.493 e. The number of hydrogen-bond donors (Lipinski definition) is 1. The van der Waals surface area contributed by atoms with Crippen molar-refractivity contribution in [2.24, 2.45) is 5.92 Å². The van der Waals surface area contributed by atoms with Crippen molar-refractivity contribution in [2.45, 2.75) is 24.8 Å². The van der Waals surface area contributed by atoms with E-state index in [4.69, 9.17) is 14.5 Å². The molecule has 1 saturated heterocycles. The monoisotopic (exact) mass is 459 g/mol. The fourth-order valence-corrected chi connectivity index (χ4v) is 5.49. The fourth-order valence-electron chi connectivity index (χ4n) is 3.57. The summed E-state index contributed by atoms with van der Waals surface area (Å²) in [6, 6.07) is 5.27. The van der Waals surface area contributed by atoms with Gasteiger partial charge in [-0.15, -0.1) is 0 Å². The number of anilines is 2. The number of rotatable bonds is 7. The number of benzene rings is 1. The van der Waals surface area contributed by atoms with Crippen molar-refractivity contribution in [3.63, 3.8) is 0 Å². The van der Waals surface area contributed by atoms with Crippen LogP contribution in [0, 0.1) is 5.92 Å². The normalized spacial score (nSPS) is 16.4. The van der Waals surface area contributed by atoms with E-state index in [9.17, 15) is 4.79 Å². The zero-order chi connectivity index (χ0) is 21.8. The van der Waals surface area contributed by atoms with E-state index in [1.54, 1.807) is 43.8 Å². The fraction of sp³-hybridized carbons (Fsp3) is 0.429. The summed E-state index contributed by atoms with van der Waals surface area (Å²) in [6.07, 6.45) is 3.96. The second-order valence-electron chi connectivity index (χ2n) is 7.43. The summed E-state index contributed by atoms with van der Waals surface area (Å²) < 4.78 is 11.4. The molecule has 8 nitrogen and oxygen atoms in total. The average molecular weight is 460 g/mol. The molecule has 31 heavy (non-hydrogen) atoms. The number of aromatic nitrogens is 3. The molecule has 0 saturated carbocycles. The lowest BCUT2D eigenvalue weighted by molar-refractivity contribution is -0.113. The molecule has 3 heterocycles. The van der Waals surface area contributed by atoms with Gasteiger partial charge in [-0.1, -0.05) is 30.0 Å². The molecule has 1 amide bonds. The molecule has 1 N–H and O–H groups in total. The highest BCUT2D eigenvalue weighted by molar-refractivity contribution is 8.00. The Hall–Kier alpha value is -2.59. The molecule has 4 rings (SSSR count). The van der Waals surface area contributed by atoms with Crippen LogP contribution < -0.4 is 19.7 Å². The van der Waals surface area contributed by atoms with Gasteiger partial charge in [-0.25, -0.2) is 9.97 Å². The maximum atomic E-state index is 12.5. The molecule has 3 aromatic rings. The molecule has 164 valence electrons. The van der Waals surface area contributed by atoms with Crippen LogP contribution in [0.5, 0.6) is 11.5 Å². The van der Waals surface area contributed by atoms with Crippen LogP contribution in [-0.4, -0.2) is 53.9 Å². The molecule has 2 aromatic heterocycles. The van der Waals surface area contributed by atoms with Crippen molar-refractivity contribution in [3.05, 3.63) is 24.5 Å². The number of fused-ring (bicyclic) bond motifs is 1. The zero-order valence-corrected chi connectivity index (χ0v) is 19.4. The number of thiazole rings is 1. The minimum absolute atomic E-state index is 0.126. The average Bonchev–Trinajstić information content (AvgIpc) is 3.22. The van der Waals surface area contributed by atoms with Crippen molar-refractivity contribution in [1.82, 2.24) is 15.0 Å². The van der Waals surface area contributed by atoms with Crippen molar-refractivity contribution in [2.75, 3.05) is 43.3 Å². The minimum atomic E-state index is -0.126. The van der Waals surface area contributed by atoms with Crippen LogP contribution in [0.15, 0.2) is 29.6 Å². The van der Waals surface area contributed by atoms with Gasteiger partial charge >= 0.3 is 0 Å². The van der Waals surface area contributed by atoms with Crippen LogP contribution in [0.25, 0.3) is 10.3 Å². The molecule has 1 aliphatic rings. The van der Waals surface area contributed by atoms with Crippen molar-refractivity contribution < 1.29 is 14.3 Å². The molecule has 10 heteroatoms. The number of methoxy groups -OCH3 is 2. The molecule has 1 aliphatic heterocycles. The number of ether oxygens (including phenoxy) is 2. The van der Waals surface area contributed by atoms with Gasteiger partial charge in [0.15, 0.2) is 22.3 Å². The molecular weight excluding hydrogens is 434 g/mol. The van der Waals surface area contributed by atoms with Crippen molar-refractivity contribution in [3.8, 4) is 11.5 Å². The summed E-state index contributed by atoms with van der Waals surface area (Å²) in [6.45, 7) is 4.31. The Bertz CT molecular complexity index is 1070. The van der Waals surface area contributed by atoms with Gasteiger partial charge in [0.25, 0.3) is 0 Å². The maximum Gasteiger partial charge on any atom is 0.234 e. The third-order valence-corrected chi connectivity index (χ3v) is 7.31. The Balaban J connectivity index is 1.43. The summed E-state index contributed by atoms with van der Waals surface area (Å²) in [5.41, 5.74) is 1.34. The van der Waals surface area contributed by atoms with Gasteiger partial charge in [0.2, 0.25) is 5.91 Å². The predicted molar refractivity (Wildman–Crippen MR) is 125 cm³/mol. The first-order chi connectivity index (χ1) is 15.1. The van der Waals surface area contributed by atoms with E-state index in [2.05, 4.69) is 27.1 Å². The Kier molecular flexibility index (Phi) is 6.77. The molecule has 0 aliphatic carbocycles. The first-order valence-corrected chi connectivity index (χ1v) is 11.9. The summed E-state index contributed by atoms with van der Waals surface area (Å²) in [5, 5.41) is 4.65. The standard InChI is InChI=1S/C21H25N5O3S2/c1-13-5-4-8-26(10-13)21-25-19-18(31-21)20(23-12-22-19)30-11-17(27)24-14-6-7-15(28-2)16(9-14)29-3/h6-7,9,12-13H,4-5,8,10-11H2,1-3H3,(H,24,27)/t13-/m1/s1. The molecule has 0 spiro atoms. The number of nitrogens with one attached hydrogen (secondary N) is 1. The molecule has 0 unspecified atom stereocenters. The second kappa shape index (κ2) is 9.69. The number of thioether (sulfide) groups is 1. The Morgan fingerprint density at radius 3 is 2.90 bits per heavy atom. The highest BCUT2D eigenvalue weighted by Gasteiger charge is 2.21. The minimum Gasteiger partial charge on any atom is -0.493 e. The van der Waals surface area contributed by atoms with Crippen LogP contribution in [0.4, 0.5) is 10.8 Å². The third-order valence-electron chi connectivity index (χ3n) is 5.08. The Morgan fingerprint density at radius 2 is 2.13 bits per heavy atom. The van der Waals surface area contributed by atoms with Gasteiger partial charge in [-0.2, -0.15) is 4.98 Å². The SMILES string of the molecule is COc1ccc(NC(=O)CSc2ncnc3nc(N4CCC[C@@H](C)C4)sc23)cc1OC. The number of carbonyl (C=O) groups excluding carboxylic acids is 1. The van der Waals surface area contributed by atoms with E-state index in [1.807, 2.05) is 0 Å². The van der Waals surface area contributed by atoms with E-state index >= 15 is 0 Å². The third kappa shape index (κ3) is 5.01. The van der Waals surface area contributed by atoms with Crippen molar-refractivity contribution in [1.29, 1.82) is 0 Å². The number of carbonyl (C=O) groups is 1. The Labute approximate surface area is 189 Å². The van der Waals surface area contributed by atoms with E-state index in [0.717, 1.165) is 27.9 Å². The van der Waals surface area contributed by atoms with Gasteiger partial charge in [-0.3, -0.25) is 4.79 Å². The topological polar surface area (TPSA) is 89.5 Å². The summed E-state index contributed by atoms with van der Waals surface area (Å²) >= 11 is 2.99. The molecule has 0 bridgehead atoms. The zero-order valence-electron chi connectivity index (χ0n) is 17.8. The quantitative estimate of drug-likeness (QED) is 0.418. The van der Waals surface area contributed by atoms with E-state index in [1.165, 1.54) is 30.9 Å². The number of nitrogens with zero attached hydrogens (tertiary/aromatic N) is 4. The molecule has 1 atom stereocenters. The lowest BCUT2D eigenvalue weighted by Crippen LogP contribution is -2.34. The second-order valence-corrected chi connectivity index (χ2v) is 9.37. The lowest BCUT2D eigenvalue weighted by atomic mass is 10.0. The van der Waals surface area contributed by atoms with Crippen LogP contribution in [0.1, 0.15) is 19.8 Å². The molecular formula is C21H25N5O3S2. The van der Waals surface area contributed by atoms with Crippen LogP contribution in [0.3, 0.4) is 0 Å². The number of hydrogen-bond acceptors (Lipinski definition) is 9. The summed E-state index contributed by atoms with van der Waals surface area (Å²) in [7, 11) is 3.14. The molecule has 1 aromatic carbocycles. The van der Waals surface area contributed by atoms with E-state index in [-0.39, 0.29) is 11.7 Å². The van der Waals surface area contributed by atoms with E-state index < -0.39 is 0 Å². The first kappa shape index (κ1) is 21.6. The number of amides is 1. The Morgan fingerprint density at radius 1 is 1.29 bits per heavy atom. The van der Waals surface area contributed by atoms with Gasteiger partial charge < -0.3 is 19.7 Å². The maximum absolute atomic E-state index is 12.5. The first-order valence-electron chi connectivity index (χ1n) is 10.1. The smallest absolute Gasteiger partial charge is 0.234 e. The highest BCUT2D eigenvalue weighted by atomic mass is 32.2. The summed E-state index contributed by atoms with van der Waals surface area (Å²) in [4.78, 5) is 28.3. The van der Waals surface area contributed by atoms with Gasteiger partial charge in [0.05, 0.1) is 20.0 Å². The molecule has 0 radical (unpaired) electrons.